The Balaban J connectivity index is 1.17. The summed E-state index contributed by atoms with van der Waals surface area (Å²) in [5, 5.41) is 14.9. The number of ether oxygens (including phenoxy) is 1. The van der Waals surface area contributed by atoms with Crippen molar-refractivity contribution < 1.29 is 12.3 Å². The van der Waals surface area contributed by atoms with E-state index in [-0.39, 0.29) is 12.0 Å². The zero-order valence-electron chi connectivity index (χ0n) is 20.6. The minimum absolute atomic E-state index is 0.127. The second kappa shape index (κ2) is 9.55. The van der Waals surface area contributed by atoms with Crippen LogP contribution in [0.1, 0.15) is 45.2 Å². The molecule has 7 heteroatoms. The molecule has 3 heterocycles. The van der Waals surface area contributed by atoms with Gasteiger partial charge in [-0.05, 0) is 68.2 Å². The molecule has 5 rings (SSSR count). The van der Waals surface area contributed by atoms with E-state index in [1.54, 1.807) is 13.1 Å². The Kier molecular flexibility index (Phi) is 5.67. The number of amides is 1. The van der Waals surface area contributed by atoms with Crippen molar-refractivity contribution in [1.82, 2.24) is 20.4 Å². The second-order valence-corrected chi connectivity index (χ2v) is 9.19. The summed E-state index contributed by atoms with van der Waals surface area (Å²) in [7, 11) is 1.62. The maximum Gasteiger partial charge on any atom is 0.251 e. The Labute approximate surface area is 192 Å². The Morgan fingerprint density at radius 2 is 2.03 bits per heavy atom. The molecular formula is C25H33N5O2. The van der Waals surface area contributed by atoms with Crippen LogP contribution in [0.3, 0.4) is 0 Å². The molecule has 1 saturated carbocycles. The third-order valence-corrected chi connectivity index (χ3v) is 6.92. The molecular weight excluding hydrogens is 402 g/mol. The molecule has 32 heavy (non-hydrogen) atoms. The molecule has 2 aromatic rings. The summed E-state index contributed by atoms with van der Waals surface area (Å²) >= 11 is 0. The normalized spacial score (nSPS) is 29.2. The fraction of sp³-hybridized carbons (Fsp3) is 0.560. The summed E-state index contributed by atoms with van der Waals surface area (Å²) < 4.78 is 23.1. The molecule has 0 spiro atoms. The third kappa shape index (κ3) is 4.79. The Morgan fingerprint density at radius 1 is 1.19 bits per heavy atom. The first kappa shape index (κ1) is 19.0. The lowest BCUT2D eigenvalue weighted by Crippen LogP contribution is -2.35. The van der Waals surface area contributed by atoms with Crippen LogP contribution < -0.4 is 10.6 Å². The highest BCUT2D eigenvalue weighted by molar-refractivity contribution is 5.95. The van der Waals surface area contributed by atoms with Crippen molar-refractivity contribution in [3.05, 3.63) is 42.0 Å². The first-order chi connectivity index (χ1) is 16.4. The van der Waals surface area contributed by atoms with E-state index in [9.17, 15) is 4.79 Å². The van der Waals surface area contributed by atoms with Crippen LogP contribution in [0.5, 0.6) is 0 Å². The van der Waals surface area contributed by atoms with E-state index in [1.807, 2.05) is 35.2 Å². The molecule has 2 aliphatic heterocycles. The second-order valence-electron chi connectivity index (χ2n) is 9.19. The molecule has 3 aliphatic rings. The van der Waals surface area contributed by atoms with Crippen molar-refractivity contribution in [1.29, 1.82) is 0 Å². The maximum atomic E-state index is 11.9. The summed E-state index contributed by atoms with van der Waals surface area (Å²) in [5.41, 5.74) is 2.17. The van der Waals surface area contributed by atoms with Gasteiger partial charge in [-0.25, -0.2) is 0 Å². The highest BCUT2D eigenvalue weighted by Gasteiger charge is 2.41. The van der Waals surface area contributed by atoms with Crippen LogP contribution in [-0.2, 0) is 4.74 Å². The van der Waals surface area contributed by atoms with Gasteiger partial charge in [-0.2, -0.15) is 0 Å². The number of nitrogens with one attached hydrogen (secondary N) is 2. The lowest BCUT2D eigenvalue weighted by atomic mass is 10.0. The van der Waals surface area contributed by atoms with Gasteiger partial charge in [0.25, 0.3) is 5.91 Å². The summed E-state index contributed by atoms with van der Waals surface area (Å²) in [6.45, 7) is 0.879. The van der Waals surface area contributed by atoms with E-state index >= 15 is 0 Å². The number of carbonyl (C=O) groups is 1. The zero-order chi connectivity index (χ0) is 23.7. The molecule has 1 amide bonds. The lowest BCUT2D eigenvalue weighted by Gasteiger charge is -2.28. The summed E-state index contributed by atoms with van der Waals surface area (Å²) in [6.07, 6.45) is 4.63. The number of benzene rings is 1. The van der Waals surface area contributed by atoms with Gasteiger partial charge >= 0.3 is 0 Å². The number of carbonyl (C=O) groups excluding carboxylic acids is 1. The van der Waals surface area contributed by atoms with E-state index < -0.39 is 6.50 Å². The largest absolute Gasteiger partial charge is 0.377 e. The predicted octanol–water partition coefficient (Wildman–Crippen LogP) is 3.19. The predicted molar refractivity (Wildman–Crippen MR) is 125 cm³/mol. The number of nitrogens with zero attached hydrogens (tertiary/aromatic N) is 3. The van der Waals surface area contributed by atoms with Gasteiger partial charge in [-0.15, -0.1) is 10.2 Å². The van der Waals surface area contributed by atoms with Gasteiger partial charge in [0.05, 0.1) is 11.8 Å². The van der Waals surface area contributed by atoms with Crippen LogP contribution in [0.25, 0.3) is 11.3 Å². The van der Waals surface area contributed by atoms with Gasteiger partial charge in [0.2, 0.25) is 0 Å². The standard InChI is InChI=1S/C25H33N5O2/c1-26-25(31)18-6-4-5-17(11-18)23-8-9-24(29-28-23)27-21-12-19-14-30(15-20(19)13-21)16-22-7-2-3-10-32-22/h4-6,8-9,11,19-22H,2-3,7,10,12-16H2,1H3,(H,26,31)(H,27,29)/t19-,20+,21?,22-/m1/s1/i16D2. The van der Waals surface area contributed by atoms with Crippen molar-refractivity contribution in [2.45, 2.75) is 44.2 Å². The van der Waals surface area contributed by atoms with Crippen molar-refractivity contribution in [3.63, 3.8) is 0 Å². The number of aromatic nitrogens is 2. The number of anilines is 1. The highest BCUT2D eigenvalue weighted by atomic mass is 16.5. The molecule has 2 saturated heterocycles. The Hall–Kier alpha value is -2.51. The summed E-state index contributed by atoms with van der Waals surface area (Å²) in [5.74, 6) is 1.61. The highest BCUT2D eigenvalue weighted by Crippen LogP contribution is 2.39. The topological polar surface area (TPSA) is 79.4 Å². The van der Waals surface area contributed by atoms with E-state index in [1.165, 1.54) is 0 Å². The average molecular weight is 438 g/mol. The Morgan fingerprint density at radius 3 is 2.72 bits per heavy atom. The summed E-state index contributed by atoms with van der Waals surface area (Å²) in [4.78, 5) is 13.9. The number of hydrogen-bond donors (Lipinski definition) is 2. The van der Waals surface area contributed by atoms with Gasteiger partial charge in [-0.3, -0.25) is 4.79 Å². The van der Waals surface area contributed by atoms with Crippen LogP contribution in [0.4, 0.5) is 5.82 Å². The number of likely N-dealkylation sites (tertiary alicyclic amines) is 1. The number of fused-ring (bicyclic) bond motifs is 1. The van der Waals surface area contributed by atoms with Crippen LogP contribution in [0.2, 0.25) is 0 Å². The first-order valence-corrected chi connectivity index (χ1v) is 11.7. The van der Waals surface area contributed by atoms with Gasteiger partial charge < -0.3 is 20.3 Å². The molecule has 1 aromatic heterocycles. The van der Waals surface area contributed by atoms with Gasteiger partial charge in [0.15, 0.2) is 0 Å². The molecule has 2 N–H and O–H groups in total. The quantitative estimate of drug-likeness (QED) is 0.723. The van der Waals surface area contributed by atoms with Gasteiger partial charge in [0.1, 0.15) is 5.82 Å². The molecule has 1 unspecified atom stereocenters. The molecule has 0 bridgehead atoms. The lowest BCUT2D eigenvalue weighted by molar-refractivity contribution is -0.00303. The molecule has 1 aliphatic carbocycles. The fourth-order valence-corrected chi connectivity index (χ4v) is 5.31. The smallest absolute Gasteiger partial charge is 0.251 e. The van der Waals surface area contributed by atoms with E-state index in [0.717, 1.165) is 62.3 Å². The van der Waals surface area contributed by atoms with Gasteiger partial charge in [-0.1, -0.05) is 12.1 Å². The van der Waals surface area contributed by atoms with E-state index in [0.29, 0.717) is 30.0 Å². The molecule has 4 atom stereocenters. The molecule has 0 radical (unpaired) electrons. The van der Waals surface area contributed by atoms with E-state index in [2.05, 4.69) is 20.8 Å². The van der Waals surface area contributed by atoms with Gasteiger partial charge in [0, 0.05) is 53.2 Å². The molecule has 170 valence electrons. The number of rotatable bonds is 6. The van der Waals surface area contributed by atoms with Crippen LogP contribution >= 0.6 is 0 Å². The van der Waals surface area contributed by atoms with Crippen molar-refractivity contribution >= 4 is 11.7 Å². The van der Waals surface area contributed by atoms with Crippen LogP contribution in [0, 0.1) is 11.8 Å². The minimum atomic E-state index is -1.38. The van der Waals surface area contributed by atoms with Crippen LogP contribution in [-0.4, -0.2) is 66.4 Å². The van der Waals surface area contributed by atoms with E-state index in [4.69, 9.17) is 7.48 Å². The monoisotopic (exact) mass is 437 g/mol. The van der Waals surface area contributed by atoms with Crippen molar-refractivity contribution in [2.24, 2.45) is 11.8 Å². The van der Waals surface area contributed by atoms with Crippen LogP contribution in [0.15, 0.2) is 36.4 Å². The first-order valence-electron chi connectivity index (χ1n) is 12.7. The average Bonchev–Trinajstić information content (AvgIpc) is 3.44. The fourth-order valence-electron chi connectivity index (χ4n) is 5.31. The van der Waals surface area contributed by atoms with Crippen molar-refractivity contribution in [2.75, 3.05) is 38.6 Å². The summed E-state index contributed by atoms with van der Waals surface area (Å²) in [6, 6.07) is 11.5. The zero-order valence-corrected chi connectivity index (χ0v) is 18.6. The minimum Gasteiger partial charge on any atom is -0.377 e. The maximum absolute atomic E-state index is 11.9. The Bertz CT molecular complexity index is 999. The SMILES string of the molecule is [2H]C([2H])([C@H]1CCCCO1)N1C[C@H]2CC(Nc3ccc(-c4cccc(C(=O)NC)c4)nn3)C[C@H]2C1. The third-order valence-electron chi connectivity index (χ3n) is 6.92. The molecule has 7 nitrogen and oxygen atoms in total. The molecule has 1 aromatic carbocycles. The molecule has 3 fully saturated rings. The van der Waals surface area contributed by atoms with Crippen molar-refractivity contribution in [3.8, 4) is 11.3 Å². The number of hydrogen-bond acceptors (Lipinski definition) is 6.